The molecule has 0 spiro atoms. The zero-order valence-electron chi connectivity index (χ0n) is 13.4. The summed E-state index contributed by atoms with van der Waals surface area (Å²) in [6, 6.07) is 8.10. The number of hydrogen-bond donors (Lipinski definition) is 1. The van der Waals surface area contributed by atoms with E-state index in [0.29, 0.717) is 0 Å². The van der Waals surface area contributed by atoms with Gasteiger partial charge in [-0.1, -0.05) is 31.4 Å². The van der Waals surface area contributed by atoms with Gasteiger partial charge >= 0.3 is 5.97 Å². The molecule has 1 saturated carbocycles. The Bertz CT molecular complexity index is 548. The van der Waals surface area contributed by atoms with Crippen LogP contribution in [-0.4, -0.2) is 30.8 Å². The van der Waals surface area contributed by atoms with Crippen molar-refractivity contribution in [1.29, 1.82) is 0 Å². The van der Waals surface area contributed by atoms with E-state index in [1.807, 2.05) is 30.5 Å². The van der Waals surface area contributed by atoms with Crippen LogP contribution in [0.4, 0.5) is 0 Å². The standard InChI is InChI=1S/C18H23NO3S/c1-23-16-10-7-14(8-11-16)9-12-18(21)22-13-17(20)19-15-5-3-2-4-6-15/h7-12,15H,2-6,13H2,1H3,(H,19,20)/b12-9+. The average molecular weight is 333 g/mol. The topological polar surface area (TPSA) is 55.4 Å². The van der Waals surface area contributed by atoms with Crippen LogP contribution in [0, 0.1) is 0 Å². The van der Waals surface area contributed by atoms with Gasteiger partial charge in [0.1, 0.15) is 0 Å². The number of ether oxygens (including phenoxy) is 1. The summed E-state index contributed by atoms with van der Waals surface area (Å²) >= 11 is 1.67. The molecule has 1 N–H and O–H groups in total. The van der Waals surface area contributed by atoms with Gasteiger partial charge in [0.25, 0.3) is 5.91 Å². The molecule has 5 heteroatoms. The molecule has 1 fully saturated rings. The van der Waals surface area contributed by atoms with Gasteiger partial charge in [-0.25, -0.2) is 4.79 Å². The first kappa shape index (κ1) is 17.6. The number of carbonyl (C=O) groups is 2. The van der Waals surface area contributed by atoms with Crippen molar-refractivity contribution in [2.24, 2.45) is 0 Å². The number of rotatable bonds is 6. The lowest BCUT2D eigenvalue weighted by Crippen LogP contribution is -2.38. The minimum absolute atomic E-state index is 0.217. The van der Waals surface area contributed by atoms with Crippen LogP contribution in [0.25, 0.3) is 6.08 Å². The molecule has 1 amide bonds. The molecule has 23 heavy (non-hydrogen) atoms. The third-order valence-corrected chi connectivity index (χ3v) is 4.59. The second kappa shape index (κ2) is 9.40. The molecule has 0 aliphatic heterocycles. The van der Waals surface area contributed by atoms with Gasteiger partial charge in [0.15, 0.2) is 6.61 Å². The molecule has 1 aliphatic rings. The third kappa shape index (κ3) is 6.48. The number of amides is 1. The predicted octanol–water partition coefficient (Wildman–Crippen LogP) is 3.41. The van der Waals surface area contributed by atoms with Crippen LogP contribution < -0.4 is 5.32 Å². The minimum atomic E-state index is -0.502. The molecular formula is C18H23NO3S. The highest BCUT2D eigenvalue weighted by Gasteiger charge is 2.16. The zero-order chi connectivity index (χ0) is 16.5. The monoisotopic (exact) mass is 333 g/mol. The van der Waals surface area contributed by atoms with Gasteiger partial charge in [-0.3, -0.25) is 4.79 Å². The molecule has 2 rings (SSSR count). The molecule has 4 nitrogen and oxygen atoms in total. The Morgan fingerprint density at radius 3 is 2.57 bits per heavy atom. The van der Waals surface area contributed by atoms with Crippen molar-refractivity contribution in [2.75, 3.05) is 12.9 Å². The summed E-state index contributed by atoms with van der Waals surface area (Å²) in [6.07, 6.45) is 10.6. The normalized spacial score (nSPS) is 15.5. The van der Waals surface area contributed by atoms with E-state index in [4.69, 9.17) is 4.74 Å². The van der Waals surface area contributed by atoms with Crippen molar-refractivity contribution >= 4 is 29.7 Å². The molecule has 1 aromatic carbocycles. The van der Waals surface area contributed by atoms with Crippen LogP contribution in [0.15, 0.2) is 35.2 Å². The van der Waals surface area contributed by atoms with Gasteiger partial charge in [0.2, 0.25) is 0 Å². The maximum atomic E-state index is 11.7. The fourth-order valence-electron chi connectivity index (χ4n) is 2.58. The van der Waals surface area contributed by atoms with Gasteiger partial charge in [-0.15, -0.1) is 11.8 Å². The minimum Gasteiger partial charge on any atom is -0.452 e. The lowest BCUT2D eigenvalue weighted by molar-refractivity contribution is -0.144. The van der Waals surface area contributed by atoms with E-state index in [-0.39, 0.29) is 18.6 Å². The molecule has 0 atom stereocenters. The Balaban J connectivity index is 1.71. The third-order valence-electron chi connectivity index (χ3n) is 3.84. The Morgan fingerprint density at radius 1 is 1.22 bits per heavy atom. The zero-order valence-corrected chi connectivity index (χ0v) is 14.2. The molecule has 0 unspecified atom stereocenters. The summed E-state index contributed by atoms with van der Waals surface area (Å²) in [5.41, 5.74) is 0.923. The first-order chi connectivity index (χ1) is 11.2. The molecule has 1 aliphatic carbocycles. The number of hydrogen-bond acceptors (Lipinski definition) is 4. The van der Waals surface area contributed by atoms with Crippen molar-refractivity contribution in [3.8, 4) is 0 Å². The summed E-state index contributed by atoms with van der Waals surface area (Å²) in [6.45, 7) is -0.217. The van der Waals surface area contributed by atoms with Gasteiger partial charge < -0.3 is 10.1 Å². The van der Waals surface area contributed by atoms with Crippen molar-refractivity contribution in [1.82, 2.24) is 5.32 Å². The van der Waals surface area contributed by atoms with Crippen molar-refractivity contribution in [3.05, 3.63) is 35.9 Å². The summed E-state index contributed by atoms with van der Waals surface area (Å²) in [5.74, 6) is -0.722. The van der Waals surface area contributed by atoms with E-state index in [0.717, 1.165) is 31.2 Å². The Kier molecular flexibility index (Phi) is 7.20. The predicted molar refractivity (Wildman–Crippen MR) is 93.2 cm³/mol. The number of esters is 1. The fraction of sp³-hybridized carbons (Fsp3) is 0.444. The summed E-state index contributed by atoms with van der Waals surface area (Å²) in [5, 5.41) is 2.92. The molecular weight excluding hydrogens is 310 g/mol. The van der Waals surface area contributed by atoms with E-state index < -0.39 is 5.97 Å². The number of nitrogens with one attached hydrogen (secondary N) is 1. The van der Waals surface area contributed by atoms with Crippen LogP contribution in [-0.2, 0) is 14.3 Å². The molecule has 0 aromatic heterocycles. The van der Waals surface area contributed by atoms with E-state index >= 15 is 0 Å². The molecule has 0 bridgehead atoms. The quantitative estimate of drug-likeness (QED) is 0.492. The highest BCUT2D eigenvalue weighted by Crippen LogP contribution is 2.17. The van der Waals surface area contributed by atoms with Crippen molar-refractivity contribution < 1.29 is 14.3 Å². The van der Waals surface area contributed by atoms with Gasteiger partial charge in [0.05, 0.1) is 0 Å². The molecule has 1 aromatic rings. The van der Waals surface area contributed by atoms with Crippen molar-refractivity contribution in [3.63, 3.8) is 0 Å². The number of benzene rings is 1. The highest BCUT2D eigenvalue weighted by molar-refractivity contribution is 7.98. The maximum absolute atomic E-state index is 11.7. The van der Waals surface area contributed by atoms with E-state index in [1.54, 1.807) is 17.8 Å². The van der Waals surface area contributed by atoms with Gasteiger partial charge in [-0.2, -0.15) is 0 Å². The van der Waals surface area contributed by atoms with E-state index in [2.05, 4.69) is 5.32 Å². The van der Waals surface area contributed by atoms with E-state index in [1.165, 1.54) is 17.4 Å². The average Bonchev–Trinajstić information content (AvgIpc) is 2.59. The summed E-state index contributed by atoms with van der Waals surface area (Å²) in [4.78, 5) is 24.6. The highest BCUT2D eigenvalue weighted by atomic mass is 32.2. The van der Waals surface area contributed by atoms with E-state index in [9.17, 15) is 9.59 Å². The first-order valence-corrected chi connectivity index (χ1v) is 9.18. The smallest absolute Gasteiger partial charge is 0.331 e. The second-order valence-electron chi connectivity index (χ2n) is 5.62. The Hall–Kier alpha value is -1.75. The van der Waals surface area contributed by atoms with Crippen LogP contribution in [0.5, 0.6) is 0 Å². The summed E-state index contributed by atoms with van der Waals surface area (Å²) < 4.78 is 4.97. The molecule has 124 valence electrons. The van der Waals surface area contributed by atoms with Crippen LogP contribution in [0.1, 0.15) is 37.7 Å². The van der Waals surface area contributed by atoms with Crippen LogP contribution in [0.2, 0.25) is 0 Å². The maximum Gasteiger partial charge on any atom is 0.331 e. The van der Waals surface area contributed by atoms with Gasteiger partial charge in [0, 0.05) is 17.0 Å². The van der Waals surface area contributed by atoms with Crippen molar-refractivity contribution in [2.45, 2.75) is 43.0 Å². The second-order valence-corrected chi connectivity index (χ2v) is 6.50. The molecule has 0 saturated heterocycles. The van der Waals surface area contributed by atoms with Gasteiger partial charge in [-0.05, 0) is 42.9 Å². The Labute approximate surface area is 141 Å². The number of carbonyl (C=O) groups excluding carboxylic acids is 2. The lowest BCUT2D eigenvalue weighted by Gasteiger charge is -2.22. The van der Waals surface area contributed by atoms with Crippen LogP contribution in [0.3, 0.4) is 0 Å². The van der Waals surface area contributed by atoms with Crippen LogP contribution >= 0.6 is 11.8 Å². The summed E-state index contributed by atoms with van der Waals surface area (Å²) in [7, 11) is 0. The first-order valence-electron chi connectivity index (χ1n) is 7.95. The number of thioether (sulfide) groups is 1. The lowest BCUT2D eigenvalue weighted by atomic mass is 9.95. The largest absolute Gasteiger partial charge is 0.452 e. The molecule has 0 heterocycles. The molecule has 0 radical (unpaired) electrons. The fourth-order valence-corrected chi connectivity index (χ4v) is 2.99. The Morgan fingerprint density at radius 2 is 1.91 bits per heavy atom. The SMILES string of the molecule is CSc1ccc(/C=C/C(=O)OCC(=O)NC2CCCCC2)cc1.